The fourth-order valence-electron chi connectivity index (χ4n) is 2.97. The van der Waals surface area contributed by atoms with E-state index in [9.17, 15) is 22.8 Å². The van der Waals surface area contributed by atoms with E-state index >= 15 is 0 Å². The van der Waals surface area contributed by atoms with Gasteiger partial charge in [-0.2, -0.15) is 13.2 Å². The molecule has 2 aliphatic rings. The minimum atomic E-state index is -4.42. The Balaban J connectivity index is 1.93. The van der Waals surface area contributed by atoms with Crippen LogP contribution < -0.4 is 5.32 Å². The second kappa shape index (κ2) is 6.21. The van der Waals surface area contributed by atoms with Gasteiger partial charge in [-0.3, -0.25) is 9.59 Å². The largest absolute Gasteiger partial charge is 0.406 e. The molecular weight excluding hydrogens is 287 g/mol. The van der Waals surface area contributed by atoms with Crippen LogP contribution in [0.25, 0.3) is 0 Å². The zero-order valence-electron chi connectivity index (χ0n) is 11.9. The van der Waals surface area contributed by atoms with Crippen LogP contribution >= 0.6 is 0 Å². The molecule has 1 N–H and O–H groups in total. The summed E-state index contributed by atoms with van der Waals surface area (Å²) in [4.78, 5) is 26.3. The molecule has 2 fully saturated rings. The van der Waals surface area contributed by atoms with Gasteiger partial charge in [-0.05, 0) is 25.9 Å². The molecule has 2 heterocycles. The van der Waals surface area contributed by atoms with Crippen LogP contribution in [-0.2, 0) is 9.59 Å². The standard InChI is InChI=1S/C13H20F3N3O2/c1-18(10-2-4-17-5-3-10)12(21)9-6-11(20)19(7-9)8-13(14,15)16/h9-10,17H,2-8H2,1H3. The Hall–Kier alpha value is -1.31. The van der Waals surface area contributed by atoms with Crippen LogP contribution in [0.15, 0.2) is 0 Å². The molecule has 2 amide bonds. The number of carbonyl (C=O) groups excluding carboxylic acids is 2. The van der Waals surface area contributed by atoms with Crippen LogP contribution in [0.5, 0.6) is 0 Å². The molecule has 120 valence electrons. The number of nitrogens with zero attached hydrogens (tertiary/aromatic N) is 2. The molecule has 0 aromatic rings. The monoisotopic (exact) mass is 307 g/mol. The van der Waals surface area contributed by atoms with Gasteiger partial charge in [0.1, 0.15) is 6.54 Å². The van der Waals surface area contributed by atoms with Gasteiger partial charge in [-0.15, -0.1) is 0 Å². The van der Waals surface area contributed by atoms with Crippen molar-refractivity contribution < 1.29 is 22.8 Å². The minimum absolute atomic E-state index is 0.102. The first-order valence-electron chi connectivity index (χ1n) is 7.10. The lowest BCUT2D eigenvalue weighted by molar-refractivity contribution is -0.157. The lowest BCUT2D eigenvalue weighted by Gasteiger charge is -2.33. The van der Waals surface area contributed by atoms with Crippen molar-refractivity contribution in [3.63, 3.8) is 0 Å². The number of likely N-dealkylation sites (tertiary alicyclic amines) is 1. The molecule has 2 rings (SSSR count). The van der Waals surface area contributed by atoms with Gasteiger partial charge < -0.3 is 15.1 Å². The van der Waals surface area contributed by atoms with E-state index in [2.05, 4.69) is 5.32 Å². The molecule has 21 heavy (non-hydrogen) atoms. The molecule has 0 spiro atoms. The number of amides is 2. The summed E-state index contributed by atoms with van der Waals surface area (Å²) >= 11 is 0. The second-order valence-electron chi connectivity index (χ2n) is 5.72. The Bertz CT molecular complexity index is 408. The summed E-state index contributed by atoms with van der Waals surface area (Å²) in [5.41, 5.74) is 0. The third-order valence-corrected chi connectivity index (χ3v) is 4.14. The Labute approximate surface area is 121 Å². The SMILES string of the molecule is CN(C(=O)C1CC(=O)N(CC(F)(F)F)C1)C1CCNCC1. The van der Waals surface area contributed by atoms with Crippen LogP contribution in [0.1, 0.15) is 19.3 Å². The van der Waals surface area contributed by atoms with E-state index in [0.29, 0.717) is 0 Å². The summed E-state index contributed by atoms with van der Waals surface area (Å²) < 4.78 is 37.1. The maximum Gasteiger partial charge on any atom is 0.406 e. The average Bonchev–Trinajstić information content (AvgIpc) is 2.77. The normalized spacial score (nSPS) is 24.5. The molecule has 0 bridgehead atoms. The number of carbonyl (C=O) groups is 2. The van der Waals surface area contributed by atoms with Crippen LogP contribution in [0.2, 0.25) is 0 Å². The molecule has 0 aromatic heterocycles. The predicted molar refractivity (Wildman–Crippen MR) is 69.4 cm³/mol. The molecule has 1 atom stereocenters. The second-order valence-corrected chi connectivity index (χ2v) is 5.72. The van der Waals surface area contributed by atoms with Crippen molar-refractivity contribution in [2.24, 2.45) is 5.92 Å². The molecule has 0 aliphatic carbocycles. The molecule has 0 aromatic carbocycles. The molecule has 0 saturated carbocycles. The topological polar surface area (TPSA) is 52.7 Å². The highest BCUT2D eigenvalue weighted by Crippen LogP contribution is 2.26. The Morgan fingerprint density at radius 2 is 2.00 bits per heavy atom. The van der Waals surface area contributed by atoms with Crippen LogP contribution in [0.4, 0.5) is 13.2 Å². The number of nitrogens with one attached hydrogen (secondary N) is 1. The van der Waals surface area contributed by atoms with E-state index in [1.54, 1.807) is 11.9 Å². The Kier molecular flexibility index (Phi) is 4.75. The zero-order valence-corrected chi connectivity index (χ0v) is 11.9. The third kappa shape index (κ3) is 4.09. The first-order valence-corrected chi connectivity index (χ1v) is 7.10. The number of halogens is 3. The van der Waals surface area contributed by atoms with Crippen molar-refractivity contribution in [2.75, 3.05) is 33.2 Å². The lowest BCUT2D eigenvalue weighted by atomic mass is 10.0. The van der Waals surface area contributed by atoms with Crippen molar-refractivity contribution in [2.45, 2.75) is 31.5 Å². The van der Waals surface area contributed by atoms with E-state index in [1.165, 1.54) is 0 Å². The highest BCUT2D eigenvalue weighted by Gasteiger charge is 2.41. The maximum absolute atomic E-state index is 12.4. The summed E-state index contributed by atoms with van der Waals surface area (Å²) in [5, 5.41) is 3.19. The van der Waals surface area contributed by atoms with Gasteiger partial charge in [-0.25, -0.2) is 0 Å². The highest BCUT2D eigenvalue weighted by molar-refractivity contribution is 5.89. The number of hydrogen-bond donors (Lipinski definition) is 1. The third-order valence-electron chi connectivity index (χ3n) is 4.14. The molecule has 1 unspecified atom stereocenters. The van der Waals surface area contributed by atoms with Crippen molar-refractivity contribution in [1.29, 1.82) is 0 Å². The van der Waals surface area contributed by atoms with Crippen molar-refractivity contribution in [1.82, 2.24) is 15.1 Å². The van der Waals surface area contributed by atoms with E-state index < -0.39 is 24.5 Å². The first-order chi connectivity index (χ1) is 9.78. The van der Waals surface area contributed by atoms with Crippen molar-refractivity contribution in [3.05, 3.63) is 0 Å². The van der Waals surface area contributed by atoms with Gasteiger partial charge in [-0.1, -0.05) is 0 Å². The van der Waals surface area contributed by atoms with E-state index in [-0.39, 0.29) is 24.9 Å². The Morgan fingerprint density at radius 1 is 1.38 bits per heavy atom. The van der Waals surface area contributed by atoms with Crippen LogP contribution in [-0.4, -0.2) is 67.1 Å². The summed E-state index contributed by atoms with van der Waals surface area (Å²) in [7, 11) is 1.68. The van der Waals surface area contributed by atoms with Gasteiger partial charge in [0.15, 0.2) is 0 Å². The molecule has 2 aliphatic heterocycles. The maximum atomic E-state index is 12.4. The summed E-state index contributed by atoms with van der Waals surface area (Å²) in [6.07, 6.45) is -2.89. The average molecular weight is 307 g/mol. The summed E-state index contributed by atoms with van der Waals surface area (Å²) in [6, 6.07) is 0.102. The van der Waals surface area contributed by atoms with Gasteiger partial charge in [0, 0.05) is 26.1 Å². The highest BCUT2D eigenvalue weighted by atomic mass is 19.4. The fourth-order valence-corrected chi connectivity index (χ4v) is 2.97. The van der Waals surface area contributed by atoms with Gasteiger partial charge in [0.05, 0.1) is 5.92 Å². The summed E-state index contributed by atoms with van der Waals surface area (Å²) in [5.74, 6) is -1.47. The molecule has 8 heteroatoms. The summed E-state index contributed by atoms with van der Waals surface area (Å²) in [6.45, 7) is 0.247. The quantitative estimate of drug-likeness (QED) is 0.831. The smallest absolute Gasteiger partial charge is 0.342 e. The molecule has 5 nitrogen and oxygen atoms in total. The Morgan fingerprint density at radius 3 is 2.57 bits per heavy atom. The predicted octanol–water partition coefficient (Wildman–Crippen LogP) is 0.608. The van der Waals surface area contributed by atoms with Crippen molar-refractivity contribution in [3.8, 4) is 0 Å². The van der Waals surface area contributed by atoms with Gasteiger partial charge >= 0.3 is 6.18 Å². The fraction of sp³-hybridized carbons (Fsp3) is 0.846. The molecule has 2 saturated heterocycles. The van der Waals surface area contributed by atoms with Crippen LogP contribution in [0, 0.1) is 5.92 Å². The van der Waals surface area contributed by atoms with E-state index in [4.69, 9.17) is 0 Å². The van der Waals surface area contributed by atoms with E-state index in [1.807, 2.05) is 0 Å². The number of alkyl halides is 3. The zero-order chi connectivity index (χ0) is 15.6. The number of hydrogen-bond acceptors (Lipinski definition) is 3. The first kappa shape index (κ1) is 16.1. The van der Waals surface area contributed by atoms with Gasteiger partial charge in [0.25, 0.3) is 0 Å². The minimum Gasteiger partial charge on any atom is -0.342 e. The van der Waals surface area contributed by atoms with Crippen molar-refractivity contribution >= 4 is 11.8 Å². The molecular formula is C13H20F3N3O2. The number of piperidine rings is 1. The molecule has 0 radical (unpaired) electrons. The lowest BCUT2D eigenvalue weighted by Crippen LogP contribution is -2.46. The van der Waals surface area contributed by atoms with E-state index in [0.717, 1.165) is 30.8 Å². The van der Waals surface area contributed by atoms with Gasteiger partial charge in [0.2, 0.25) is 11.8 Å². The number of rotatable bonds is 3. The van der Waals surface area contributed by atoms with Crippen LogP contribution in [0.3, 0.4) is 0 Å².